The van der Waals surface area contributed by atoms with Crippen molar-refractivity contribution < 1.29 is 9.53 Å². The molecule has 0 saturated carbocycles. The Kier molecular flexibility index (Phi) is 5.66. The second-order valence-electron chi connectivity index (χ2n) is 6.58. The van der Waals surface area contributed by atoms with Crippen LogP contribution in [0.25, 0.3) is 0 Å². The first-order valence-corrected chi connectivity index (χ1v) is 8.79. The van der Waals surface area contributed by atoms with Gasteiger partial charge in [0.15, 0.2) is 0 Å². The van der Waals surface area contributed by atoms with Gasteiger partial charge < -0.3 is 15.0 Å². The fourth-order valence-corrected chi connectivity index (χ4v) is 3.12. The lowest BCUT2D eigenvalue weighted by atomic mass is 10.0. The molecule has 2 heterocycles. The fourth-order valence-electron chi connectivity index (χ4n) is 3.12. The number of piperazine rings is 1. The Balaban J connectivity index is 1.73. The average molecular weight is 339 g/mol. The maximum absolute atomic E-state index is 12.8. The molecule has 1 aliphatic rings. The highest BCUT2D eigenvalue weighted by Crippen LogP contribution is 2.25. The minimum atomic E-state index is 0.0472. The Morgan fingerprint density at radius 2 is 2.12 bits per heavy atom. The van der Waals surface area contributed by atoms with E-state index in [9.17, 15) is 4.79 Å². The van der Waals surface area contributed by atoms with Crippen LogP contribution in [-0.2, 0) is 11.2 Å². The predicted molar refractivity (Wildman–Crippen MR) is 97.5 cm³/mol. The average Bonchev–Trinajstić information content (AvgIpc) is 2.63. The molecule has 0 spiro atoms. The molecule has 1 fully saturated rings. The van der Waals surface area contributed by atoms with Crippen molar-refractivity contribution in [3.05, 3.63) is 59.9 Å². The number of hydrogen-bond acceptors (Lipinski definition) is 4. The van der Waals surface area contributed by atoms with Crippen LogP contribution in [0.1, 0.15) is 31.0 Å². The molecule has 0 bridgehead atoms. The van der Waals surface area contributed by atoms with E-state index in [0.29, 0.717) is 13.0 Å². The highest BCUT2D eigenvalue weighted by molar-refractivity contribution is 5.79. The van der Waals surface area contributed by atoms with Gasteiger partial charge in [-0.1, -0.05) is 18.2 Å². The number of nitrogens with one attached hydrogen (secondary N) is 1. The van der Waals surface area contributed by atoms with E-state index in [0.717, 1.165) is 30.0 Å². The molecule has 0 radical (unpaired) electrons. The number of benzene rings is 1. The van der Waals surface area contributed by atoms with Gasteiger partial charge >= 0.3 is 0 Å². The monoisotopic (exact) mass is 339 g/mol. The maximum Gasteiger partial charge on any atom is 0.227 e. The molecule has 1 saturated heterocycles. The van der Waals surface area contributed by atoms with Gasteiger partial charge in [-0.25, -0.2) is 0 Å². The summed E-state index contributed by atoms with van der Waals surface area (Å²) in [6, 6.07) is 11.9. The van der Waals surface area contributed by atoms with Crippen LogP contribution in [0.2, 0.25) is 0 Å². The van der Waals surface area contributed by atoms with E-state index in [4.69, 9.17) is 4.74 Å². The predicted octanol–water partition coefficient (Wildman–Crippen LogP) is 2.58. The van der Waals surface area contributed by atoms with Gasteiger partial charge in [-0.2, -0.15) is 0 Å². The first-order chi connectivity index (χ1) is 12.1. The van der Waals surface area contributed by atoms with E-state index in [1.165, 1.54) is 0 Å². The number of ether oxygens (including phenoxy) is 1. The zero-order valence-electron chi connectivity index (χ0n) is 14.8. The second-order valence-corrected chi connectivity index (χ2v) is 6.58. The largest absolute Gasteiger partial charge is 0.491 e. The van der Waals surface area contributed by atoms with Crippen molar-refractivity contribution in [2.24, 2.45) is 0 Å². The van der Waals surface area contributed by atoms with E-state index in [-0.39, 0.29) is 18.1 Å². The van der Waals surface area contributed by atoms with Crippen LogP contribution in [0.3, 0.4) is 0 Å². The third kappa shape index (κ3) is 4.57. The van der Waals surface area contributed by atoms with Crippen LogP contribution in [0, 0.1) is 0 Å². The van der Waals surface area contributed by atoms with Gasteiger partial charge in [0.2, 0.25) is 5.91 Å². The second kappa shape index (κ2) is 8.12. The van der Waals surface area contributed by atoms with Crippen molar-refractivity contribution in [1.29, 1.82) is 0 Å². The van der Waals surface area contributed by atoms with Crippen molar-refractivity contribution >= 4 is 5.91 Å². The minimum Gasteiger partial charge on any atom is -0.491 e. The highest BCUT2D eigenvalue weighted by atomic mass is 16.5. The summed E-state index contributed by atoms with van der Waals surface area (Å²) in [5.41, 5.74) is 2.08. The number of pyridine rings is 1. The topological polar surface area (TPSA) is 54.5 Å². The fraction of sp³-hybridized carbons (Fsp3) is 0.400. The highest BCUT2D eigenvalue weighted by Gasteiger charge is 2.27. The molecule has 0 unspecified atom stereocenters. The lowest BCUT2D eigenvalue weighted by molar-refractivity contribution is -0.133. The Hall–Kier alpha value is -2.40. The molecule has 2 aromatic rings. The summed E-state index contributed by atoms with van der Waals surface area (Å²) in [5.74, 6) is 0.998. The third-order valence-corrected chi connectivity index (χ3v) is 4.28. The van der Waals surface area contributed by atoms with E-state index in [2.05, 4.69) is 22.4 Å². The molecule has 3 rings (SSSR count). The Morgan fingerprint density at radius 1 is 1.32 bits per heavy atom. The van der Waals surface area contributed by atoms with Crippen molar-refractivity contribution in [1.82, 2.24) is 15.2 Å². The van der Waals surface area contributed by atoms with E-state index in [1.807, 2.05) is 43.0 Å². The first-order valence-electron chi connectivity index (χ1n) is 8.79. The van der Waals surface area contributed by atoms with Gasteiger partial charge in [0.1, 0.15) is 5.75 Å². The molecule has 5 heteroatoms. The number of carbonyl (C=O) groups excluding carboxylic acids is 1. The molecular formula is C20H25N3O2. The molecule has 0 aliphatic carbocycles. The van der Waals surface area contributed by atoms with E-state index < -0.39 is 0 Å². The molecule has 25 heavy (non-hydrogen) atoms. The summed E-state index contributed by atoms with van der Waals surface area (Å²) in [7, 11) is 0. The Morgan fingerprint density at radius 3 is 2.80 bits per heavy atom. The van der Waals surface area contributed by atoms with E-state index >= 15 is 0 Å². The molecule has 1 aromatic heterocycles. The lowest BCUT2D eigenvalue weighted by Gasteiger charge is -2.36. The minimum absolute atomic E-state index is 0.0472. The summed E-state index contributed by atoms with van der Waals surface area (Å²) in [6.07, 6.45) is 4.02. The number of carbonyl (C=O) groups is 1. The van der Waals surface area contributed by atoms with Crippen LogP contribution in [0.5, 0.6) is 5.75 Å². The van der Waals surface area contributed by atoms with Gasteiger partial charge in [-0.15, -0.1) is 0 Å². The summed E-state index contributed by atoms with van der Waals surface area (Å²) in [4.78, 5) is 18.9. The number of hydrogen-bond donors (Lipinski definition) is 1. The smallest absolute Gasteiger partial charge is 0.227 e. The molecule has 1 aliphatic heterocycles. The quantitative estimate of drug-likeness (QED) is 0.910. The van der Waals surface area contributed by atoms with Crippen LogP contribution >= 0.6 is 0 Å². The molecule has 1 aromatic carbocycles. The summed E-state index contributed by atoms with van der Waals surface area (Å²) >= 11 is 0. The summed E-state index contributed by atoms with van der Waals surface area (Å²) in [6.45, 7) is 6.33. The van der Waals surface area contributed by atoms with Gasteiger partial charge in [-0.3, -0.25) is 9.78 Å². The summed E-state index contributed by atoms with van der Waals surface area (Å²) < 4.78 is 5.71. The molecule has 132 valence electrons. The standard InChI is InChI=1S/C20H25N3O2/c1-15(2)25-18-7-5-17(6-8-18)19-14-22-10-11-23(19)20(24)12-16-4-3-9-21-13-16/h3-9,13,15,19,22H,10-12,14H2,1-2H3/t19-/m1/s1. The Bertz CT molecular complexity index is 686. The van der Waals surface area contributed by atoms with Gasteiger partial charge in [0.25, 0.3) is 0 Å². The van der Waals surface area contributed by atoms with Crippen molar-refractivity contribution in [3.8, 4) is 5.75 Å². The molecule has 1 N–H and O–H groups in total. The SMILES string of the molecule is CC(C)Oc1ccc([C@H]2CNCCN2C(=O)Cc2cccnc2)cc1. The molecule has 1 amide bonds. The maximum atomic E-state index is 12.8. The van der Waals surface area contributed by atoms with Crippen LogP contribution in [0.4, 0.5) is 0 Å². The Labute approximate surface area is 149 Å². The third-order valence-electron chi connectivity index (χ3n) is 4.28. The normalized spacial score (nSPS) is 17.6. The van der Waals surface area contributed by atoms with E-state index in [1.54, 1.807) is 12.4 Å². The van der Waals surface area contributed by atoms with Crippen LogP contribution in [-0.4, -0.2) is 41.5 Å². The van der Waals surface area contributed by atoms with Gasteiger partial charge in [0, 0.05) is 32.0 Å². The summed E-state index contributed by atoms with van der Waals surface area (Å²) in [5, 5.41) is 3.39. The number of aromatic nitrogens is 1. The zero-order valence-corrected chi connectivity index (χ0v) is 14.8. The zero-order chi connectivity index (χ0) is 17.6. The lowest BCUT2D eigenvalue weighted by Crippen LogP contribution is -2.49. The van der Waals surface area contributed by atoms with Crippen molar-refractivity contribution in [2.45, 2.75) is 32.4 Å². The molecular weight excluding hydrogens is 314 g/mol. The van der Waals surface area contributed by atoms with Crippen molar-refractivity contribution in [2.75, 3.05) is 19.6 Å². The molecule has 5 nitrogen and oxygen atoms in total. The van der Waals surface area contributed by atoms with Crippen LogP contribution < -0.4 is 10.1 Å². The number of nitrogens with zero attached hydrogens (tertiary/aromatic N) is 2. The number of rotatable bonds is 5. The number of amides is 1. The first kappa shape index (κ1) is 17.4. The molecule has 1 atom stereocenters. The van der Waals surface area contributed by atoms with Gasteiger partial charge in [0.05, 0.1) is 18.6 Å². The van der Waals surface area contributed by atoms with Gasteiger partial charge in [-0.05, 0) is 43.2 Å². The van der Waals surface area contributed by atoms with Crippen LogP contribution in [0.15, 0.2) is 48.8 Å². The van der Waals surface area contributed by atoms with Crippen molar-refractivity contribution in [3.63, 3.8) is 0 Å².